The fraction of sp³-hybridized carbons (Fsp3) is 0.333. The van der Waals surface area contributed by atoms with Crippen molar-refractivity contribution in [1.29, 1.82) is 0 Å². The summed E-state index contributed by atoms with van der Waals surface area (Å²) in [7, 11) is 7.98. The summed E-state index contributed by atoms with van der Waals surface area (Å²) in [6, 6.07) is 3.24. The lowest BCUT2D eigenvalue weighted by atomic mass is 10.4. The second kappa shape index (κ2) is 5.22. The Labute approximate surface area is 137 Å². The highest BCUT2D eigenvalue weighted by atomic mass is 16.2. The van der Waals surface area contributed by atoms with Crippen LogP contribution in [0.15, 0.2) is 27.9 Å². The molecule has 0 radical (unpaired) electrons. The van der Waals surface area contributed by atoms with Crippen LogP contribution in [-0.2, 0) is 21.1 Å². The zero-order valence-corrected chi connectivity index (χ0v) is 14.1. The van der Waals surface area contributed by atoms with E-state index in [0.717, 1.165) is 4.57 Å². The van der Waals surface area contributed by atoms with Crippen LogP contribution >= 0.6 is 0 Å². The number of hydrogen-bond donors (Lipinski definition) is 0. The highest BCUT2D eigenvalue weighted by Gasteiger charge is 2.21. The molecule has 3 heterocycles. The molecule has 3 rings (SSSR count). The second-order valence-electron chi connectivity index (χ2n) is 5.81. The summed E-state index contributed by atoms with van der Waals surface area (Å²) in [6.07, 6.45) is 1.63. The number of carbonyl (C=O) groups is 1. The Kier molecular flexibility index (Phi) is 3.43. The molecule has 0 bridgehead atoms. The molecule has 1 amide bonds. The predicted molar refractivity (Wildman–Crippen MR) is 89.1 cm³/mol. The number of rotatable bonds is 1. The van der Waals surface area contributed by atoms with Gasteiger partial charge in [0.05, 0.1) is 5.69 Å². The lowest BCUT2D eigenvalue weighted by Crippen LogP contribution is -2.37. The second-order valence-corrected chi connectivity index (χ2v) is 5.81. The molecule has 0 spiro atoms. The summed E-state index contributed by atoms with van der Waals surface area (Å²) < 4.78 is 5.41. The maximum Gasteiger partial charge on any atom is 0.332 e. The third-order valence-corrected chi connectivity index (χ3v) is 4.04. The van der Waals surface area contributed by atoms with Gasteiger partial charge in [-0.15, -0.1) is 0 Å². The number of nitrogens with zero attached hydrogens (tertiary/aromatic N) is 6. The standard InChI is InChI=1S/C15H18N6O3/c1-17(2)14(23)21-8-6-7-9(21)11-16-12-10(18(11)3)13(22)20(5)15(24)19(12)4/h6-8H,1-5H3. The topological polar surface area (TPSA) is 87.1 Å². The van der Waals surface area contributed by atoms with Crippen LogP contribution in [-0.4, -0.2) is 48.3 Å². The van der Waals surface area contributed by atoms with Crippen molar-refractivity contribution in [1.82, 2.24) is 28.2 Å². The Morgan fingerprint density at radius 3 is 2.38 bits per heavy atom. The number of amides is 1. The molecule has 9 heteroatoms. The van der Waals surface area contributed by atoms with Crippen LogP contribution in [0.2, 0.25) is 0 Å². The van der Waals surface area contributed by atoms with Gasteiger partial charge in [0.15, 0.2) is 17.0 Å². The molecule has 3 aromatic rings. The third-order valence-electron chi connectivity index (χ3n) is 4.04. The summed E-state index contributed by atoms with van der Waals surface area (Å²) >= 11 is 0. The van der Waals surface area contributed by atoms with Crippen molar-refractivity contribution >= 4 is 17.2 Å². The minimum atomic E-state index is -0.447. The molecule has 0 saturated carbocycles. The van der Waals surface area contributed by atoms with Crippen LogP contribution in [0.1, 0.15) is 0 Å². The minimum absolute atomic E-state index is 0.233. The van der Waals surface area contributed by atoms with E-state index in [0.29, 0.717) is 17.0 Å². The van der Waals surface area contributed by atoms with Gasteiger partial charge in [-0.05, 0) is 12.1 Å². The van der Waals surface area contributed by atoms with E-state index in [1.54, 1.807) is 51.1 Å². The molecule has 0 aliphatic carbocycles. The average Bonchev–Trinajstić information content (AvgIpc) is 3.14. The molecular formula is C15H18N6O3. The predicted octanol–water partition coefficient (Wildman–Crippen LogP) is -0.0311. The molecular weight excluding hydrogens is 312 g/mol. The summed E-state index contributed by atoms with van der Waals surface area (Å²) in [5.74, 6) is 0.434. The van der Waals surface area contributed by atoms with Gasteiger partial charge in [0.1, 0.15) is 0 Å². The molecule has 0 aromatic carbocycles. The van der Waals surface area contributed by atoms with Crippen LogP contribution in [0, 0.1) is 0 Å². The lowest BCUT2D eigenvalue weighted by molar-refractivity contribution is 0.219. The number of imidazole rings is 1. The van der Waals surface area contributed by atoms with E-state index >= 15 is 0 Å². The maximum absolute atomic E-state index is 12.4. The van der Waals surface area contributed by atoms with E-state index in [2.05, 4.69) is 4.98 Å². The van der Waals surface area contributed by atoms with Gasteiger partial charge in [-0.1, -0.05) is 0 Å². The highest BCUT2D eigenvalue weighted by molar-refractivity contribution is 5.83. The van der Waals surface area contributed by atoms with Gasteiger partial charge in [0, 0.05) is 41.4 Å². The van der Waals surface area contributed by atoms with Crippen molar-refractivity contribution in [3.63, 3.8) is 0 Å². The van der Waals surface area contributed by atoms with Crippen LogP contribution in [0.4, 0.5) is 4.79 Å². The van der Waals surface area contributed by atoms with Crippen molar-refractivity contribution in [3.8, 4) is 11.5 Å². The van der Waals surface area contributed by atoms with Crippen molar-refractivity contribution in [3.05, 3.63) is 39.2 Å². The molecule has 0 N–H and O–H groups in total. The summed E-state index contributed by atoms with van der Waals surface area (Å²) in [5, 5.41) is 0. The smallest absolute Gasteiger partial charge is 0.330 e. The Bertz CT molecular complexity index is 1080. The number of fused-ring (bicyclic) bond motifs is 1. The summed E-state index contributed by atoms with van der Waals surface area (Å²) in [5.41, 5.74) is 0.260. The van der Waals surface area contributed by atoms with Crippen LogP contribution in [0.3, 0.4) is 0 Å². The van der Waals surface area contributed by atoms with Crippen LogP contribution < -0.4 is 11.2 Å². The van der Waals surface area contributed by atoms with Gasteiger partial charge in [-0.25, -0.2) is 14.6 Å². The Balaban J connectivity index is 2.37. The van der Waals surface area contributed by atoms with E-state index in [1.807, 2.05) is 0 Å². The number of aromatic nitrogens is 5. The van der Waals surface area contributed by atoms with Gasteiger partial charge in [0.25, 0.3) is 5.56 Å². The van der Waals surface area contributed by atoms with Gasteiger partial charge in [-0.3, -0.25) is 18.5 Å². The molecule has 126 valence electrons. The third kappa shape index (κ3) is 2.01. The summed E-state index contributed by atoms with van der Waals surface area (Å²) in [6.45, 7) is 0. The molecule has 24 heavy (non-hydrogen) atoms. The number of carbonyl (C=O) groups excluding carboxylic acids is 1. The number of hydrogen-bond acceptors (Lipinski definition) is 4. The van der Waals surface area contributed by atoms with Gasteiger partial charge in [0.2, 0.25) is 0 Å². The highest BCUT2D eigenvalue weighted by Crippen LogP contribution is 2.22. The van der Waals surface area contributed by atoms with Crippen molar-refractivity contribution in [2.45, 2.75) is 0 Å². The monoisotopic (exact) mass is 330 g/mol. The van der Waals surface area contributed by atoms with E-state index < -0.39 is 11.2 Å². The Hall–Kier alpha value is -3.10. The molecule has 9 nitrogen and oxygen atoms in total. The van der Waals surface area contributed by atoms with Crippen molar-refractivity contribution in [2.24, 2.45) is 21.1 Å². The van der Waals surface area contributed by atoms with E-state index in [9.17, 15) is 14.4 Å². The Morgan fingerprint density at radius 2 is 1.75 bits per heavy atom. The first kappa shape index (κ1) is 15.8. The zero-order chi connectivity index (χ0) is 17.8. The van der Waals surface area contributed by atoms with Crippen molar-refractivity contribution in [2.75, 3.05) is 14.1 Å². The van der Waals surface area contributed by atoms with E-state index in [-0.39, 0.29) is 11.7 Å². The minimum Gasteiger partial charge on any atom is -0.330 e. The fourth-order valence-electron chi connectivity index (χ4n) is 2.69. The molecule has 0 atom stereocenters. The maximum atomic E-state index is 12.4. The Morgan fingerprint density at radius 1 is 1.08 bits per heavy atom. The molecule has 0 unspecified atom stereocenters. The van der Waals surface area contributed by atoms with E-state index in [1.165, 1.54) is 21.1 Å². The van der Waals surface area contributed by atoms with Gasteiger partial charge < -0.3 is 9.47 Å². The molecule has 0 aliphatic rings. The first-order chi connectivity index (χ1) is 11.3. The fourth-order valence-corrected chi connectivity index (χ4v) is 2.69. The van der Waals surface area contributed by atoms with E-state index in [4.69, 9.17) is 0 Å². The number of aryl methyl sites for hydroxylation is 2. The average molecular weight is 330 g/mol. The van der Waals surface area contributed by atoms with Crippen molar-refractivity contribution < 1.29 is 4.79 Å². The van der Waals surface area contributed by atoms with Crippen LogP contribution in [0.25, 0.3) is 22.7 Å². The first-order valence-corrected chi connectivity index (χ1v) is 7.27. The molecule has 0 aliphatic heterocycles. The zero-order valence-electron chi connectivity index (χ0n) is 14.1. The van der Waals surface area contributed by atoms with Crippen LogP contribution in [0.5, 0.6) is 0 Å². The normalized spacial score (nSPS) is 11.2. The largest absolute Gasteiger partial charge is 0.332 e. The lowest BCUT2D eigenvalue weighted by Gasteiger charge is -2.13. The molecule has 0 fully saturated rings. The van der Waals surface area contributed by atoms with Gasteiger partial charge in [-0.2, -0.15) is 0 Å². The molecule has 3 aromatic heterocycles. The van der Waals surface area contributed by atoms with Gasteiger partial charge >= 0.3 is 11.7 Å². The summed E-state index contributed by atoms with van der Waals surface area (Å²) in [4.78, 5) is 42.7. The molecule has 0 saturated heterocycles. The quantitative estimate of drug-likeness (QED) is 0.627. The SMILES string of the molecule is CN(C)C(=O)n1cccc1-c1nc2c(c(=O)n(C)c(=O)n2C)n1C. The first-order valence-electron chi connectivity index (χ1n) is 7.27.